The summed E-state index contributed by atoms with van der Waals surface area (Å²) in [5.41, 5.74) is 1.01. The zero-order valence-electron chi connectivity index (χ0n) is 17.7. The summed E-state index contributed by atoms with van der Waals surface area (Å²) in [5.74, 6) is 0.629. The Morgan fingerprint density at radius 3 is 2.45 bits per heavy atom. The molecule has 0 saturated heterocycles. The molecule has 0 aliphatic heterocycles. The van der Waals surface area contributed by atoms with Gasteiger partial charge in [0.15, 0.2) is 18.1 Å². The van der Waals surface area contributed by atoms with E-state index in [1.54, 1.807) is 30.3 Å². The molecule has 2 aromatic rings. The summed E-state index contributed by atoms with van der Waals surface area (Å²) in [6.45, 7) is 1.78. The molecular formula is C22H24ClNO7. The van der Waals surface area contributed by atoms with Crippen molar-refractivity contribution in [1.82, 2.24) is 0 Å². The van der Waals surface area contributed by atoms with Crippen LogP contribution in [0.2, 0.25) is 5.02 Å². The largest absolute Gasteiger partial charge is 0.497 e. The molecule has 1 N–H and O–H groups in total. The van der Waals surface area contributed by atoms with Crippen LogP contribution in [0, 0.1) is 0 Å². The molecule has 31 heavy (non-hydrogen) atoms. The fraction of sp³-hybridized carbons (Fsp3) is 0.273. The van der Waals surface area contributed by atoms with Gasteiger partial charge < -0.3 is 29.0 Å². The van der Waals surface area contributed by atoms with Crippen LogP contribution in [0.1, 0.15) is 12.5 Å². The molecule has 1 amide bonds. The van der Waals surface area contributed by atoms with Crippen LogP contribution < -0.4 is 24.3 Å². The number of halogens is 1. The lowest BCUT2D eigenvalue weighted by atomic mass is 10.2. The summed E-state index contributed by atoms with van der Waals surface area (Å²) in [5, 5.41) is 2.95. The molecule has 0 aromatic heterocycles. The first-order chi connectivity index (χ1) is 14.9. The number of anilines is 1. The molecule has 0 spiro atoms. The molecule has 0 fully saturated rings. The van der Waals surface area contributed by atoms with E-state index in [0.717, 1.165) is 0 Å². The van der Waals surface area contributed by atoms with Gasteiger partial charge in [0.2, 0.25) is 0 Å². The van der Waals surface area contributed by atoms with E-state index in [2.05, 4.69) is 5.32 Å². The monoisotopic (exact) mass is 449 g/mol. The van der Waals surface area contributed by atoms with Crippen molar-refractivity contribution in [2.24, 2.45) is 0 Å². The summed E-state index contributed by atoms with van der Waals surface area (Å²) in [4.78, 5) is 24.1. The Hall–Kier alpha value is -3.39. The van der Waals surface area contributed by atoms with Gasteiger partial charge in [-0.25, -0.2) is 4.79 Å². The van der Waals surface area contributed by atoms with Crippen molar-refractivity contribution in [2.45, 2.75) is 6.92 Å². The lowest BCUT2D eigenvalue weighted by Crippen LogP contribution is -2.20. The number of ether oxygens (including phenoxy) is 5. The second kappa shape index (κ2) is 11.7. The topological polar surface area (TPSA) is 92.3 Å². The molecular weight excluding hydrogens is 426 g/mol. The van der Waals surface area contributed by atoms with Crippen LogP contribution in [0.3, 0.4) is 0 Å². The number of amides is 1. The van der Waals surface area contributed by atoms with E-state index in [0.29, 0.717) is 45.9 Å². The van der Waals surface area contributed by atoms with E-state index in [1.807, 2.05) is 6.92 Å². The molecule has 0 heterocycles. The van der Waals surface area contributed by atoms with Gasteiger partial charge >= 0.3 is 5.97 Å². The summed E-state index contributed by atoms with van der Waals surface area (Å²) in [6.07, 6.45) is 2.69. The van der Waals surface area contributed by atoms with E-state index in [1.165, 1.54) is 33.5 Å². The maximum atomic E-state index is 12.1. The quantitative estimate of drug-likeness (QED) is 0.433. The smallest absolute Gasteiger partial charge is 0.331 e. The Labute approximate surface area is 185 Å². The number of methoxy groups -OCH3 is 3. The molecule has 9 heteroatoms. The number of hydrogen-bond donors (Lipinski definition) is 1. The standard InChI is InChI=1S/C22H24ClNO7/c1-5-30-19-11-14(10-16(23)22(19)29-4)6-9-21(26)31-13-20(25)24-17-12-15(27-2)7-8-18(17)28-3/h6-12H,5,13H2,1-4H3,(H,24,25)/b9-6+. The van der Waals surface area contributed by atoms with E-state index < -0.39 is 18.5 Å². The van der Waals surface area contributed by atoms with Gasteiger partial charge in [-0.3, -0.25) is 4.79 Å². The molecule has 0 saturated carbocycles. The third-order valence-corrected chi connectivity index (χ3v) is 4.25. The van der Waals surface area contributed by atoms with Crippen LogP contribution >= 0.6 is 11.6 Å². The summed E-state index contributed by atoms with van der Waals surface area (Å²) in [7, 11) is 4.47. The molecule has 0 aliphatic carbocycles. The molecule has 0 atom stereocenters. The first-order valence-electron chi connectivity index (χ1n) is 9.28. The Kier molecular flexibility index (Phi) is 9.02. The van der Waals surface area contributed by atoms with Gasteiger partial charge in [-0.2, -0.15) is 0 Å². The predicted octanol–water partition coefficient (Wildman–Crippen LogP) is 3.96. The number of nitrogens with one attached hydrogen (secondary N) is 1. The number of carbonyl (C=O) groups excluding carboxylic acids is 2. The molecule has 0 radical (unpaired) electrons. The van der Waals surface area contributed by atoms with Crippen LogP contribution in [0.5, 0.6) is 23.0 Å². The van der Waals surface area contributed by atoms with Crippen molar-refractivity contribution in [3.05, 3.63) is 47.0 Å². The minimum atomic E-state index is -0.697. The fourth-order valence-corrected chi connectivity index (χ4v) is 2.89. The van der Waals surface area contributed by atoms with Crippen LogP contribution in [-0.4, -0.2) is 46.4 Å². The van der Waals surface area contributed by atoms with Crippen molar-refractivity contribution >= 4 is 35.2 Å². The molecule has 0 bridgehead atoms. The van der Waals surface area contributed by atoms with Crippen LogP contribution in [-0.2, 0) is 14.3 Å². The van der Waals surface area contributed by atoms with Crippen molar-refractivity contribution < 1.29 is 33.3 Å². The number of benzene rings is 2. The lowest BCUT2D eigenvalue weighted by molar-refractivity contribution is -0.142. The van der Waals surface area contributed by atoms with Crippen LogP contribution in [0.25, 0.3) is 6.08 Å². The highest BCUT2D eigenvalue weighted by atomic mass is 35.5. The van der Waals surface area contributed by atoms with E-state index in [-0.39, 0.29) is 0 Å². The van der Waals surface area contributed by atoms with E-state index in [4.69, 9.17) is 35.3 Å². The first-order valence-corrected chi connectivity index (χ1v) is 9.66. The van der Waals surface area contributed by atoms with E-state index >= 15 is 0 Å². The number of esters is 1. The van der Waals surface area contributed by atoms with Gasteiger partial charge in [0.25, 0.3) is 5.91 Å². The molecule has 0 unspecified atom stereocenters. The molecule has 8 nitrogen and oxygen atoms in total. The highest BCUT2D eigenvalue weighted by Crippen LogP contribution is 2.36. The van der Waals surface area contributed by atoms with Crippen molar-refractivity contribution in [1.29, 1.82) is 0 Å². The minimum absolute atomic E-state index is 0.341. The summed E-state index contributed by atoms with van der Waals surface area (Å²) >= 11 is 6.18. The SMILES string of the molecule is CCOc1cc(/C=C/C(=O)OCC(=O)Nc2cc(OC)ccc2OC)cc(Cl)c1OC. The maximum absolute atomic E-state index is 12.1. The number of carbonyl (C=O) groups is 2. The van der Waals surface area contributed by atoms with Gasteiger partial charge in [-0.15, -0.1) is 0 Å². The Balaban J connectivity index is 1.98. The zero-order chi connectivity index (χ0) is 22.8. The Bertz CT molecular complexity index is 959. The number of hydrogen-bond acceptors (Lipinski definition) is 7. The number of rotatable bonds is 10. The third kappa shape index (κ3) is 6.82. The van der Waals surface area contributed by atoms with Gasteiger partial charge in [-0.05, 0) is 42.8 Å². The molecule has 2 aromatic carbocycles. The maximum Gasteiger partial charge on any atom is 0.331 e. The van der Waals surface area contributed by atoms with E-state index in [9.17, 15) is 9.59 Å². The fourth-order valence-electron chi connectivity index (χ4n) is 2.59. The Morgan fingerprint density at radius 2 is 1.81 bits per heavy atom. The normalized spacial score (nSPS) is 10.5. The molecule has 166 valence electrons. The Morgan fingerprint density at radius 1 is 1.03 bits per heavy atom. The van der Waals surface area contributed by atoms with Crippen molar-refractivity contribution in [3.8, 4) is 23.0 Å². The van der Waals surface area contributed by atoms with Crippen molar-refractivity contribution in [3.63, 3.8) is 0 Å². The van der Waals surface area contributed by atoms with Crippen molar-refractivity contribution in [2.75, 3.05) is 39.9 Å². The summed E-state index contributed by atoms with van der Waals surface area (Å²) in [6, 6.07) is 8.25. The lowest BCUT2D eigenvalue weighted by Gasteiger charge is -2.12. The van der Waals surface area contributed by atoms with Gasteiger partial charge in [0, 0.05) is 12.1 Å². The van der Waals surface area contributed by atoms with Crippen LogP contribution in [0.15, 0.2) is 36.4 Å². The average molecular weight is 450 g/mol. The highest BCUT2D eigenvalue weighted by molar-refractivity contribution is 6.32. The highest BCUT2D eigenvalue weighted by Gasteiger charge is 2.12. The zero-order valence-corrected chi connectivity index (χ0v) is 18.4. The van der Waals surface area contributed by atoms with Crippen LogP contribution in [0.4, 0.5) is 5.69 Å². The van der Waals surface area contributed by atoms with Gasteiger partial charge in [-0.1, -0.05) is 11.6 Å². The second-order valence-corrected chi connectivity index (χ2v) is 6.43. The average Bonchev–Trinajstić information content (AvgIpc) is 2.76. The van der Waals surface area contributed by atoms with Gasteiger partial charge in [0.1, 0.15) is 11.5 Å². The predicted molar refractivity (Wildman–Crippen MR) is 117 cm³/mol. The first kappa shape index (κ1) is 23.9. The van der Waals surface area contributed by atoms with Gasteiger partial charge in [0.05, 0.1) is 38.6 Å². The third-order valence-electron chi connectivity index (χ3n) is 3.97. The second-order valence-electron chi connectivity index (χ2n) is 6.02. The molecule has 2 rings (SSSR count). The molecule has 0 aliphatic rings. The minimum Gasteiger partial charge on any atom is -0.497 e. The summed E-state index contributed by atoms with van der Waals surface area (Å²) < 4.78 is 26.0.